The van der Waals surface area contributed by atoms with Crippen LogP contribution in [0.25, 0.3) is 0 Å². The average molecular weight is 215 g/mol. The van der Waals surface area contributed by atoms with Crippen molar-refractivity contribution < 1.29 is 0 Å². The molecule has 0 aromatic carbocycles. The van der Waals surface area contributed by atoms with Crippen LogP contribution in [0.2, 0.25) is 0 Å². The minimum absolute atomic E-state index is 0.510. The first kappa shape index (κ1) is 10.8. The van der Waals surface area contributed by atoms with Crippen LogP contribution in [0, 0.1) is 17.8 Å². The van der Waals surface area contributed by atoms with Crippen LogP contribution in [-0.2, 0) is 0 Å². The van der Waals surface area contributed by atoms with E-state index in [1.165, 1.54) is 51.4 Å². The number of halogens is 1. The van der Waals surface area contributed by atoms with Crippen molar-refractivity contribution in [2.24, 2.45) is 17.8 Å². The molecule has 4 unspecified atom stereocenters. The number of rotatable bonds is 2. The summed E-state index contributed by atoms with van der Waals surface area (Å²) in [5.41, 5.74) is 0. The molecule has 0 bridgehead atoms. The Labute approximate surface area is 93.4 Å². The summed E-state index contributed by atoms with van der Waals surface area (Å²) in [6.45, 7) is 2.35. The van der Waals surface area contributed by atoms with Crippen LogP contribution in [0.1, 0.15) is 58.3 Å². The summed E-state index contributed by atoms with van der Waals surface area (Å²) in [5.74, 6) is 2.85. The van der Waals surface area contributed by atoms with Crippen molar-refractivity contribution in [3.8, 4) is 0 Å². The molecule has 0 heterocycles. The van der Waals surface area contributed by atoms with Crippen molar-refractivity contribution in [1.82, 2.24) is 0 Å². The lowest BCUT2D eigenvalue weighted by Gasteiger charge is -2.33. The zero-order valence-electron chi connectivity index (χ0n) is 9.34. The minimum atomic E-state index is 0.510. The standard InChI is InChI=1S/C13H23Cl/c1-2-10-5-3-6-11(9-10)12-7-4-8-13(12)14/h10-13H,2-9H2,1H3. The second kappa shape index (κ2) is 4.88. The van der Waals surface area contributed by atoms with E-state index in [-0.39, 0.29) is 0 Å². The molecule has 0 nitrogen and oxygen atoms in total. The zero-order chi connectivity index (χ0) is 9.97. The predicted octanol–water partition coefficient (Wildman–Crippen LogP) is 4.61. The smallest absolute Gasteiger partial charge is 0.0366 e. The number of hydrogen-bond acceptors (Lipinski definition) is 0. The van der Waals surface area contributed by atoms with Gasteiger partial charge in [0.25, 0.3) is 0 Å². The molecule has 0 N–H and O–H groups in total. The highest BCUT2D eigenvalue weighted by atomic mass is 35.5. The summed E-state index contributed by atoms with van der Waals surface area (Å²) >= 11 is 6.40. The van der Waals surface area contributed by atoms with Crippen LogP contribution in [0.5, 0.6) is 0 Å². The molecule has 0 spiro atoms. The van der Waals surface area contributed by atoms with E-state index in [9.17, 15) is 0 Å². The Morgan fingerprint density at radius 1 is 1.07 bits per heavy atom. The van der Waals surface area contributed by atoms with Gasteiger partial charge in [-0.05, 0) is 37.0 Å². The van der Waals surface area contributed by atoms with Gasteiger partial charge in [-0.15, -0.1) is 11.6 Å². The average Bonchev–Trinajstić information content (AvgIpc) is 2.65. The third-order valence-electron chi connectivity index (χ3n) is 4.49. The Bertz CT molecular complexity index is 178. The van der Waals surface area contributed by atoms with E-state index >= 15 is 0 Å². The molecule has 0 saturated heterocycles. The lowest BCUT2D eigenvalue weighted by molar-refractivity contribution is 0.195. The summed E-state index contributed by atoms with van der Waals surface area (Å²) in [6.07, 6.45) is 11.3. The summed E-state index contributed by atoms with van der Waals surface area (Å²) in [5, 5.41) is 0.510. The molecule has 1 heteroatoms. The predicted molar refractivity (Wildman–Crippen MR) is 62.7 cm³/mol. The molecule has 2 aliphatic carbocycles. The van der Waals surface area contributed by atoms with Gasteiger partial charge in [-0.2, -0.15) is 0 Å². The van der Waals surface area contributed by atoms with Crippen LogP contribution in [0.4, 0.5) is 0 Å². The lowest BCUT2D eigenvalue weighted by atomic mass is 9.73. The van der Waals surface area contributed by atoms with Crippen LogP contribution < -0.4 is 0 Å². The molecule has 14 heavy (non-hydrogen) atoms. The lowest BCUT2D eigenvalue weighted by Crippen LogP contribution is -2.25. The van der Waals surface area contributed by atoms with Gasteiger partial charge in [-0.3, -0.25) is 0 Å². The van der Waals surface area contributed by atoms with E-state index in [1.807, 2.05) is 0 Å². The summed E-state index contributed by atoms with van der Waals surface area (Å²) in [6, 6.07) is 0. The largest absolute Gasteiger partial charge is 0.123 e. The quantitative estimate of drug-likeness (QED) is 0.589. The van der Waals surface area contributed by atoms with Crippen molar-refractivity contribution in [2.45, 2.75) is 63.7 Å². The van der Waals surface area contributed by atoms with Crippen molar-refractivity contribution >= 4 is 11.6 Å². The first-order valence-electron chi connectivity index (χ1n) is 6.45. The molecule has 0 amide bonds. The molecule has 0 aromatic rings. The summed E-state index contributed by atoms with van der Waals surface area (Å²) in [4.78, 5) is 0. The first-order chi connectivity index (χ1) is 6.81. The number of hydrogen-bond donors (Lipinski definition) is 0. The van der Waals surface area contributed by atoms with Gasteiger partial charge in [0.1, 0.15) is 0 Å². The van der Waals surface area contributed by atoms with Crippen LogP contribution in [0.15, 0.2) is 0 Å². The van der Waals surface area contributed by atoms with Gasteiger partial charge in [0.15, 0.2) is 0 Å². The van der Waals surface area contributed by atoms with Crippen LogP contribution >= 0.6 is 11.6 Å². The first-order valence-corrected chi connectivity index (χ1v) is 6.89. The normalized spacial score (nSPS) is 44.1. The molecule has 2 fully saturated rings. The molecule has 0 aromatic heterocycles. The Morgan fingerprint density at radius 2 is 1.86 bits per heavy atom. The Kier molecular flexibility index (Phi) is 3.76. The van der Waals surface area contributed by atoms with Gasteiger partial charge in [-0.1, -0.05) is 39.0 Å². The van der Waals surface area contributed by atoms with E-state index in [2.05, 4.69) is 6.92 Å². The van der Waals surface area contributed by atoms with Crippen molar-refractivity contribution in [3.05, 3.63) is 0 Å². The van der Waals surface area contributed by atoms with Crippen LogP contribution in [0.3, 0.4) is 0 Å². The topological polar surface area (TPSA) is 0 Å². The van der Waals surface area contributed by atoms with Gasteiger partial charge >= 0.3 is 0 Å². The van der Waals surface area contributed by atoms with Crippen molar-refractivity contribution in [3.63, 3.8) is 0 Å². The SMILES string of the molecule is CCC1CCCC(C2CCCC2Cl)C1. The zero-order valence-corrected chi connectivity index (χ0v) is 10.1. The fourth-order valence-corrected chi connectivity index (χ4v) is 4.05. The molecule has 0 radical (unpaired) electrons. The Balaban J connectivity index is 1.90. The van der Waals surface area contributed by atoms with Gasteiger partial charge in [-0.25, -0.2) is 0 Å². The van der Waals surface area contributed by atoms with Crippen molar-refractivity contribution in [2.75, 3.05) is 0 Å². The second-order valence-electron chi connectivity index (χ2n) is 5.31. The monoisotopic (exact) mass is 214 g/mol. The summed E-state index contributed by atoms with van der Waals surface area (Å²) in [7, 11) is 0. The third kappa shape index (κ3) is 2.27. The van der Waals surface area contributed by atoms with E-state index in [1.54, 1.807) is 0 Å². The van der Waals surface area contributed by atoms with Gasteiger partial charge < -0.3 is 0 Å². The molecule has 2 aliphatic rings. The van der Waals surface area contributed by atoms with E-state index in [4.69, 9.17) is 11.6 Å². The molecular weight excluding hydrogens is 192 g/mol. The Morgan fingerprint density at radius 3 is 2.50 bits per heavy atom. The molecule has 2 rings (SSSR count). The maximum absolute atomic E-state index is 6.40. The number of alkyl halides is 1. The minimum Gasteiger partial charge on any atom is -0.123 e. The fourth-order valence-electron chi connectivity index (χ4n) is 3.57. The highest BCUT2D eigenvalue weighted by Gasteiger charge is 2.34. The van der Waals surface area contributed by atoms with Crippen LogP contribution in [-0.4, -0.2) is 5.38 Å². The van der Waals surface area contributed by atoms with E-state index < -0.39 is 0 Å². The van der Waals surface area contributed by atoms with E-state index in [0.717, 1.165) is 17.8 Å². The molecule has 0 aliphatic heterocycles. The van der Waals surface area contributed by atoms with Crippen molar-refractivity contribution in [1.29, 1.82) is 0 Å². The molecular formula is C13H23Cl. The molecule has 82 valence electrons. The Hall–Kier alpha value is 0.290. The highest BCUT2D eigenvalue weighted by Crippen LogP contribution is 2.43. The van der Waals surface area contributed by atoms with E-state index in [0.29, 0.717) is 5.38 Å². The van der Waals surface area contributed by atoms with Gasteiger partial charge in [0, 0.05) is 5.38 Å². The maximum atomic E-state index is 6.40. The summed E-state index contributed by atoms with van der Waals surface area (Å²) < 4.78 is 0. The fraction of sp³-hybridized carbons (Fsp3) is 1.00. The molecule has 4 atom stereocenters. The maximum Gasteiger partial charge on any atom is 0.0366 e. The van der Waals surface area contributed by atoms with Gasteiger partial charge in [0.05, 0.1) is 0 Å². The molecule has 2 saturated carbocycles. The van der Waals surface area contributed by atoms with Gasteiger partial charge in [0.2, 0.25) is 0 Å². The third-order valence-corrected chi connectivity index (χ3v) is 5.03. The second-order valence-corrected chi connectivity index (χ2v) is 5.87. The highest BCUT2D eigenvalue weighted by molar-refractivity contribution is 6.20.